The lowest BCUT2D eigenvalue weighted by Gasteiger charge is -2.31. The third kappa shape index (κ3) is 2.67. The normalized spacial score (nSPS) is 23.6. The molecule has 2 fully saturated rings. The molecule has 1 saturated heterocycles. The molecule has 6 heteroatoms. The second kappa shape index (κ2) is 5.28. The van der Waals surface area contributed by atoms with Gasteiger partial charge in [-0.05, 0) is 25.8 Å². The maximum atomic E-state index is 12.2. The van der Waals surface area contributed by atoms with Gasteiger partial charge in [0.15, 0.2) is 0 Å². The second-order valence-electron chi connectivity index (χ2n) is 5.09. The average Bonchev–Trinajstić information content (AvgIpc) is 3.07. The molecule has 1 unspecified atom stereocenters. The largest absolute Gasteiger partial charge is 0.334 e. The minimum absolute atomic E-state index is 0. The summed E-state index contributed by atoms with van der Waals surface area (Å²) in [7, 11) is 0. The Hall–Kier alpha value is -1.07. The van der Waals surface area contributed by atoms with Crippen molar-refractivity contribution < 1.29 is 4.79 Å². The molecule has 0 aromatic carbocycles. The Morgan fingerprint density at radius 2 is 2.28 bits per heavy atom. The molecule has 5 nitrogen and oxygen atoms in total. The Morgan fingerprint density at radius 1 is 1.50 bits per heavy atom. The number of carbonyl (C=O) groups excluding carboxylic acids is 1. The van der Waals surface area contributed by atoms with E-state index in [2.05, 4.69) is 22.4 Å². The maximum Gasteiger partial charge on any atom is 0.274 e. The number of nitrogens with zero attached hydrogens (tertiary/aromatic N) is 2. The molecule has 3 rings (SSSR count). The van der Waals surface area contributed by atoms with Crippen molar-refractivity contribution in [2.45, 2.75) is 31.7 Å². The minimum atomic E-state index is 0. The summed E-state index contributed by atoms with van der Waals surface area (Å²) >= 11 is 0. The molecule has 1 aromatic heterocycles. The number of aromatic nitrogens is 2. The molecule has 1 amide bonds. The second-order valence-corrected chi connectivity index (χ2v) is 5.09. The fourth-order valence-corrected chi connectivity index (χ4v) is 2.33. The molecule has 100 valence electrons. The molecule has 1 aliphatic heterocycles. The number of aromatic amines is 1. The van der Waals surface area contributed by atoms with Gasteiger partial charge in [-0.2, -0.15) is 5.10 Å². The van der Waals surface area contributed by atoms with Gasteiger partial charge in [-0.1, -0.05) is 0 Å². The highest BCUT2D eigenvalue weighted by atomic mass is 35.5. The first kappa shape index (κ1) is 13.4. The van der Waals surface area contributed by atoms with Crippen LogP contribution in [0.2, 0.25) is 0 Å². The van der Waals surface area contributed by atoms with E-state index < -0.39 is 0 Å². The number of H-pyrrole nitrogens is 1. The summed E-state index contributed by atoms with van der Waals surface area (Å²) in [6, 6.07) is 2.29. The Kier molecular flexibility index (Phi) is 3.92. The highest BCUT2D eigenvalue weighted by molar-refractivity contribution is 5.92. The topological polar surface area (TPSA) is 61.0 Å². The third-order valence-electron chi connectivity index (χ3n) is 3.49. The molecule has 1 aromatic rings. The molecule has 0 spiro atoms. The maximum absolute atomic E-state index is 12.2. The molecular weight excluding hydrogens is 252 g/mol. The molecule has 1 aliphatic carbocycles. The van der Waals surface area contributed by atoms with Crippen molar-refractivity contribution in [2.24, 2.45) is 0 Å². The van der Waals surface area contributed by atoms with E-state index in [0.717, 1.165) is 25.3 Å². The van der Waals surface area contributed by atoms with Gasteiger partial charge in [0.05, 0.1) is 0 Å². The van der Waals surface area contributed by atoms with Crippen molar-refractivity contribution in [3.8, 4) is 0 Å². The zero-order chi connectivity index (χ0) is 11.8. The lowest BCUT2D eigenvalue weighted by atomic mass is 10.2. The predicted octanol–water partition coefficient (Wildman–Crippen LogP) is 1.14. The summed E-state index contributed by atoms with van der Waals surface area (Å²) in [5.41, 5.74) is 1.69. The van der Waals surface area contributed by atoms with Crippen LogP contribution >= 0.6 is 12.4 Å². The smallest absolute Gasteiger partial charge is 0.274 e. The summed E-state index contributed by atoms with van der Waals surface area (Å²) in [6.45, 7) is 4.51. The number of hydrogen-bond donors (Lipinski definition) is 2. The first-order valence-corrected chi connectivity index (χ1v) is 6.32. The Bertz CT molecular complexity index is 429. The van der Waals surface area contributed by atoms with E-state index in [1.165, 1.54) is 12.8 Å². The highest BCUT2D eigenvalue weighted by Crippen LogP contribution is 2.39. The van der Waals surface area contributed by atoms with Crippen molar-refractivity contribution in [1.29, 1.82) is 0 Å². The van der Waals surface area contributed by atoms with Crippen molar-refractivity contribution in [1.82, 2.24) is 20.4 Å². The number of hydrogen-bond acceptors (Lipinski definition) is 3. The third-order valence-corrected chi connectivity index (χ3v) is 3.49. The van der Waals surface area contributed by atoms with E-state index in [0.29, 0.717) is 17.7 Å². The van der Waals surface area contributed by atoms with Crippen LogP contribution in [0.4, 0.5) is 0 Å². The van der Waals surface area contributed by atoms with Crippen molar-refractivity contribution in [2.75, 3.05) is 19.6 Å². The first-order chi connectivity index (χ1) is 8.24. The van der Waals surface area contributed by atoms with Crippen LogP contribution in [0, 0.1) is 0 Å². The van der Waals surface area contributed by atoms with Gasteiger partial charge >= 0.3 is 0 Å². The molecular formula is C12H19ClN4O. The number of rotatable bonds is 2. The molecule has 2 aliphatic rings. The van der Waals surface area contributed by atoms with E-state index >= 15 is 0 Å². The molecule has 0 radical (unpaired) electrons. The summed E-state index contributed by atoms with van der Waals surface area (Å²) in [6.07, 6.45) is 2.45. The van der Waals surface area contributed by atoms with E-state index in [9.17, 15) is 4.79 Å². The van der Waals surface area contributed by atoms with Crippen LogP contribution in [-0.4, -0.2) is 46.7 Å². The predicted molar refractivity (Wildman–Crippen MR) is 71.2 cm³/mol. The number of halogens is 1. The Labute approximate surface area is 113 Å². The molecule has 0 bridgehead atoms. The van der Waals surface area contributed by atoms with Gasteiger partial charge in [-0.15, -0.1) is 12.4 Å². The Balaban J connectivity index is 0.00000120. The van der Waals surface area contributed by atoms with E-state index in [-0.39, 0.29) is 18.3 Å². The van der Waals surface area contributed by atoms with Crippen LogP contribution in [-0.2, 0) is 0 Å². The SMILES string of the molecule is CC1CN(C(=O)c2cc(C3CC3)[nH]n2)CCN1.Cl. The number of amides is 1. The lowest BCUT2D eigenvalue weighted by Crippen LogP contribution is -2.51. The van der Waals surface area contributed by atoms with Crippen LogP contribution in [0.1, 0.15) is 41.9 Å². The van der Waals surface area contributed by atoms with Gasteiger partial charge < -0.3 is 10.2 Å². The number of nitrogens with one attached hydrogen (secondary N) is 2. The minimum Gasteiger partial charge on any atom is -0.334 e. The quantitative estimate of drug-likeness (QED) is 0.847. The molecule has 2 N–H and O–H groups in total. The van der Waals surface area contributed by atoms with Crippen LogP contribution in [0.3, 0.4) is 0 Å². The van der Waals surface area contributed by atoms with Gasteiger partial charge in [0.2, 0.25) is 0 Å². The van der Waals surface area contributed by atoms with Gasteiger partial charge in [0.1, 0.15) is 5.69 Å². The standard InChI is InChI=1S/C12H18N4O.ClH/c1-8-7-16(5-4-13-8)12(17)11-6-10(14-15-11)9-2-3-9;/h6,8-9,13H,2-5,7H2,1H3,(H,14,15);1H. The fourth-order valence-electron chi connectivity index (χ4n) is 2.33. The van der Waals surface area contributed by atoms with Crippen molar-refractivity contribution in [3.63, 3.8) is 0 Å². The van der Waals surface area contributed by atoms with Crippen molar-refractivity contribution in [3.05, 3.63) is 17.5 Å². The zero-order valence-corrected chi connectivity index (χ0v) is 11.3. The van der Waals surface area contributed by atoms with Gasteiger partial charge in [-0.25, -0.2) is 0 Å². The first-order valence-electron chi connectivity index (χ1n) is 6.32. The van der Waals surface area contributed by atoms with Crippen LogP contribution in [0.5, 0.6) is 0 Å². The zero-order valence-electron chi connectivity index (χ0n) is 10.5. The molecule has 1 atom stereocenters. The number of carbonyl (C=O) groups is 1. The van der Waals surface area contributed by atoms with E-state index in [1.54, 1.807) is 0 Å². The van der Waals surface area contributed by atoms with Gasteiger partial charge in [0.25, 0.3) is 5.91 Å². The summed E-state index contributed by atoms with van der Waals surface area (Å²) < 4.78 is 0. The monoisotopic (exact) mass is 270 g/mol. The van der Waals surface area contributed by atoms with Gasteiger partial charge in [0, 0.05) is 37.3 Å². The van der Waals surface area contributed by atoms with E-state index in [4.69, 9.17) is 0 Å². The van der Waals surface area contributed by atoms with E-state index in [1.807, 2.05) is 11.0 Å². The Morgan fingerprint density at radius 3 is 2.94 bits per heavy atom. The lowest BCUT2D eigenvalue weighted by molar-refractivity contribution is 0.0703. The summed E-state index contributed by atoms with van der Waals surface area (Å²) in [5.74, 6) is 0.674. The van der Waals surface area contributed by atoms with Crippen LogP contribution < -0.4 is 5.32 Å². The van der Waals surface area contributed by atoms with Gasteiger partial charge in [-0.3, -0.25) is 9.89 Å². The van der Waals surface area contributed by atoms with Crippen LogP contribution in [0.15, 0.2) is 6.07 Å². The number of piperazine rings is 1. The molecule has 2 heterocycles. The fraction of sp³-hybridized carbons (Fsp3) is 0.667. The summed E-state index contributed by atoms with van der Waals surface area (Å²) in [4.78, 5) is 14.1. The molecule has 18 heavy (non-hydrogen) atoms. The summed E-state index contributed by atoms with van der Waals surface area (Å²) in [5, 5.41) is 10.5. The highest BCUT2D eigenvalue weighted by Gasteiger charge is 2.28. The molecule has 1 saturated carbocycles. The van der Waals surface area contributed by atoms with Crippen molar-refractivity contribution >= 4 is 18.3 Å². The van der Waals surface area contributed by atoms with Crippen LogP contribution in [0.25, 0.3) is 0 Å². The average molecular weight is 271 g/mol.